The van der Waals surface area contributed by atoms with Gasteiger partial charge in [0.05, 0.1) is 0 Å². The van der Waals surface area contributed by atoms with Crippen molar-refractivity contribution in [2.24, 2.45) is 5.16 Å². The number of nitrogens with zero attached hydrogens (tertiary/aromatic N) is 1. The normalized spacial score (nSPS) is 17.2. The van der Waals surface area contributed by atoms with Crippen LogP contribution in [0.3, 0.4) is 0 Å². The lowest BCUT2D eigenvalue weighted by Gasteiger charge is -2.12. The molecule has 0 aromatic rings. The maximum absolute atomic E-state index is 9.93. The van der Waals surface area contributed by atoms with E-state index in [0.717, 1.165) is 12.0 Å². The zero-order valence-corrected chi connectivity index (χ0v) is 5.46. The largest absolute Gasteiger partial charge is 0.394 e. The average Bonchev–Trinajstić information content (AvgIpc) is 1.94. The van der Waals surface area contributed by atoms with E-state index >= 15 is 0 Å². The van der Waals surface area contributed by atoms with Gasteiger partial charge in [-0.25, -0.2) is 0 Å². The number of hydrogen-bond donors (Lipinski definition) is 1. The molecule has 0 spiro atoms. The van der Waals surface area contributed by atoms with Crippen LogP contribution in [0, 0.1) is 0 Å². The third-order valence-corrected chi connectivity index (χ3v) is 1.18. The van der Waals surface area contributed by atoms with Crippen LogP contribution in [0.2, 0.25) is 0 Å². The first kappa shape index (κ1) is 6.80. The molecule has 54 valence electrons. The first-order valence-electron chi connectivity index (χ1n) is 2.93. The third kappa shape index (κ3) is 1.34. The minimum Gasteiger partial charge on any atom is -0.394 e. The van der Waals surface area contributed by atoms with Crippen LogP contribution in [-0.4, -0.2) is 18.9 Å². The molecule has 10 heavy (non-hydrogen) atoms. The van der Waals surface area contributed by atoms with E-state index in [2.05, 4.69) is 17.1 Å². The van der Waals surface area contributed by atoms with Gasteiger partial charge in [-0.2, -0.15) is 0 Å². The minimum absolute atomic E-state index is 0.432. The van der Waals surface area contributed by atoms with Crippen LogP contribution in [0.25, 0.3) is 0 Å². The lowest BCUT2D eigenvalue weighted by Crippen LogP contribution is -2.26. The number of hydrogen-bond acceptors (Lipinski definition) is 3. The van der Waals surface area contributed by atoms with Crippen molar-refractivity contribution in [2.75, 3.05) is 6.61 Å². The summed E-state index contributed by atoms with van der Waals surface area (Å²) in [4.78, 5) is 14.6. The highest BCUT2D eigenvalue weighted by molar-refractivity contribution is 6.02. The smallest absolute Gasteiger partial charge is 0.212 e. The van der Waals surface area contributed by atoms with Crippen molar-refractivity contribution in [1.82, 2.24) is 5.32 Å². The van der Waals surface area contributed by atoms with Gasteiger partial charge in [-0.15, -0.1) is 0 Å². The summed E-state index contributed by atoms with van der Waals surface area (Å²) in [5, 5.41) is 5.95. The van der Waals surface area contributed by atoms with E-state index in [9.17, 15) is 4.79 Å². The standard InChI is InChI=1S/C6H8N2O2/c1-5-2-3-10-8-6(5)7-4-9/h4H,1-3H2,(H,7,8,9). The van der Waals surface area contributed by atoms with Crippen molar-refractivity contribution in [2.45, 2.75) is 6.42 Å². The van der Waals surface area contributed by atoms with E-state index in [0.29, 0.717) is 18.9 Å². The fraction of sp³-hybridized carbons (Fsp3) is 0.333. The topological polar surface area (TPSA) is 50.7 Å². The molecule has 0 unspecified atom stereocenters. The molecule has 4 nitrogen and oxygen atoms in total. The van der Waals surface area contributed by atoms with Crippen molar-refractivity contribution < 1.29 is 9.63 Å². The second-order valence-corrected chi connectivity index (χ2v) is 1.89. The van der Waals surface area contributed by atoms with E-state index in [-0.39, 0.29) is 0 Å². The molecule has 0 aliphatic carbocycles. The lowest BCUT2D eigenvalue weighted by molar-refractivity contribution is -0.108. The number of amides is 1. The Morgan fingerprint density at radius 1 is 1.80 bits per heavy atom. The minimum atomic E-state index is 0.432. The van der Waals surface area contributed by atoms with E-state index in [1.165, 1.54) is 0 Å². The van der Waals surface area contributed by atoms with Crippen molar-refractivity contribution in [3.8, 4) is 0 Å². The zero-order chi connectivity index (χ0) is 7.40. The molecule has 0 aromatic carbocycles. The fourth-order valence-corrected chi connectivity index (χ4v) is 0.646. The van der Waals surface area contributed by atoms with Gasteiger partial charge in [0, 0.05) is 6.42 Å². The summed E-state index contributed by atoms with van der Waals surface area (Å²) in [6.45, 7) is 4.23. The van der Waals surface area contributed by atoms with Gasteiger partial charge in [-0.05, 0) is 5.57 Å². The molecule has 1 rings (SSSR count). The quantitative estimate of drug-likeness (QED) is 0.522. The number of carbonyl (C=O) groups excluding carboxylic acids is 1. The first-order valence-corrected chi connectivity index (χ1v) is 2.93. The average molecular weight is 140 g/mol. The van der Waals surface area contributed by atoms with Crippen LogP contribution >= 0.6 is 0 Å². The summed E-state index contributed by atoms with van der Waals surface area (Å²) < 4.78 is 0. The summed E-state index contributed by atoms with van der Waals surface area (Å²) in [6, 6.07) is 0. The number of rotatable bonds is 1. The van der Waals surface area contributed by atoms with Crippen LogP contribution < -0.4 is 5.32 Å². The van der Waals surface area contributed by atoms with Crippen LogP contribution in [0.4, 0.5) is 0 Å². The van der Waals surface area contributed by atoms with Crippen LogP contribution in [-0.2, 0) is 9.63 Å². The molecule has 0 bridgehead atoms. The SMILES string of the molecule is C=C1CCON=C1NC=O. The zero-order valence-electron chi connectivity index (χ0n) is 5.46. The Balaban J connectivity index is 2.61. The van der Waals surface area contributed by atoms with Crippen LogP contribution in [0.15, 0.2) is 17.3 Å². The maximum atomic E-state index is 9.93. The van der Waals surface area contributed by atoms with Gasteiger partial charge in [0.1, 0.15) is 6.61 Å². The molecule has 0 radical (unpaired) electrons. The molecule has 0 atom stereocenters. The molecule has 0 aromatic heterocycles. The second kappa shape index (κ2) is 3.00. The molecule has 4 heteroatoms. The fourth-order valence-electron chi connectivity index (χ4n) is 0.646. The molecule has 1 aliphatic rings. The van der Waals surface area contributed by atoms with E-state index < -0.39 is 0 Å². The first-order chi connectivity index (χ1) is 4.84. The monoisotopic (exact) mass is 140 g/mol. The van der Waals surface area contributed by atoms with Crippen molar-refractivity contribution in [1.29, 1.82) is 0 Å². The Morgan fingerprint density at radius 3 is 3.20 bits per heavy atom. The number of amidine groups is 1. The summed E-state index contributed by atoms with van der Waals surface area (Å²) in [5.41, 5.74) is 0.804. The van der Waals surface area contributed by atoms with E-state index in [4.69, 9.17) is 4.84 Å². The highest BCUT2D eigenvalue weighted by Crippen LogP contribution is 2.05. The van der Waals surface area contributed by atoms with Crippen LogP contribution in [0.1, 0.15) is 6.42 Å². The molecule has 0 saturated carbocycles. The lowest BCUT2D eigenvalue weighted by atomic mass is 10.2. The maximum Gasteiger partial charge on any atom is 0.212 e. The van der Waals surface area contributed by atoms with Crippen LogP contribution in [0.5, 0.6) is 0 Å². The van der Waals surface area contributed by atoms with Gasteiger partial charge in [0.2, 0.25) is 6.41 Å². The Kier molecular flexibility index (Phi) is 2.04. The third-order valence-electron chi connectivity index (χ3n) is 1.18. The Bertz CT molecular complexity index is 186. The van der Waals surface area contributed by atoms with Crippen molar-refractivity contribution in [3.05, 3.63) is 12.2 Å². The molecular weight excluding hydrogens is 132 g/mol. The highest BCUT2D eigenvalue weighted by Gasteiger charge is 2.09. The van der Waals surface area contributed by atoms with E-state index in [1.807, 2.05) is 0 Å². The number of carbonyl (C=O) groups is 1. The molecule has 1 aliphatic heterocycles. The molecular formula is C6H8N2O2. The predicted octanol–water partition coefficient (Wildman–Crippen LogP) is 0.0224. The Labute approximate surface area is 58.5 Å². The van der Waals surface area contributed by atoms with Gasteiger partial charge >= 0.3 is 0 Å². The van der Waals surface area contributed by atoms with Gasteiger partial charge in [-0.3, -0.25) is 4.79 Å². The van der Waals surface area contributed by atoms with Gasteiger partial charge in [0.25, 0.3) is 0 Å². The molecule has 0 saturated heterocycles. The number of oxime groups is 1. The molecule has 1 amide bonds. The Hall–Kier alpha value is -1.32. The number of nitrogens with one attached hydrogen (secondary N) is 1. The predicted molar refractivity (Wildman–Crippen MR) is 36.3 cm³/mol. The summed E-state index contributed by atoms with van der Waals surface area (Å²) in [7, 11) is 0. The van der Waals surface area contributed by atoms with E-state index in [1.54, 1.807) is 0 Å². The van der Waals surface area contributed by atoms with Crippen molar-refractivity contribution in [3.63, 3.8) is 0 Å². The Morgan fingerprint density at radius 2 is 2.60 bits per heavy atom. The summed E-state index contributed by atoms with van der Waals surface area (Å²) >= 11 is 0. The molecule has 1 heterocycles. The highest BCUT2D eigenvalue weighted by atomic mass is 16.6. The molecule has 0 fully saturated rings. The van der Waals surface area contributed by atoms with Gasteiger partial charge < -0.3 is 10.2 Å². The second-order valence-electron chi connectivity index (χ2n) is 1.89. The van der Waals surface area contributed by atoms with Gasteiger partial charge in [0.15, 0.2) is 5.84 Å². The van der Waals surface area contributed by atoms with Crippen molar-refractivity contribution >= 4 is 12.2 Å². The summed E-state index contributed by atoms with van der Waals surface area (Å²) in [6.07, 6.45) is 1.28. The van der Waals surface area contributed by atoms with Gasteiger partial charge in [-0.1, -0.05) is 11.7 Å². The summed E-state index contributed by atoms with van der Waals surface area (Å²) in [5.74, 6) is 0.432. The molecule has 1 N–H and O–H groups in total.